The van der Waals surface area contributed by atoms with Crippen LogP contribution in [0, 0.1) is 0 Å². The smallest absolute Gasteiger partial charge is 0.226 e. The molecule has 14 heavy (non-hydrogen) atoms. The van der Waals surface area contributed by atoms with E-state index in [1.165, 1.54) is 0 Å². The van der Waals surface area contributed by atoms with Gasteiger partial charge >= 0.3 is 0 Å². The summed E-state index contributed by atoms with van der Waals surface area (Å²) in [6.45, 7) is 5.85. The summed E-state index contributed by atoms with van der Waals surface area (Å²) in [7, 11) is 1.77. The van der Waals surface area contributed by atoms with E-state index in [2.05, 4.69) is 4.98 Å². The number of anilines is 1. The molecule has 78 valence electrons. The van der Waals surface area contributed by atoms with Gasteiger partial charge in [0.05, 0.1) is 0 Å². The normalized spacial score (nSPS) is 8.57. The van der Waals surface area contributed by atoms with E-state index in [1.54, 1.807) is 24.3 Å². The molecule has 1 aromatic rings. The lowest BCUT2D eigenvalue weighted by Crippen LogP contribution is -2.24. The second-order valence-corrected chi connectivity index (χ2v) is 2.51. The van der Waals surface area contributed by atoms with Crippen molar-refractivity contribution in [2.45, 2.75) is 27.2 Å². The lowest BCUT2D eigenvalue weighted by Gasteiger charge is -2.15. The third-order valence-corrected chi connectivity index (χ3v) is 1.73. The Kier molecular flexibility index (Phi) is 6.37. The number of nitrogens with zero attached hydrogens (tertiary/aromatic N) is 2. The Morgan fingerprint density at radius 1 is 1.36 bits per heavy atom. The third kappa shape index (κ3) is 3.56. The van der Waals surface area contributed by atoms with Crippen molar-refractivity contribution >= 4 is 11.6 Å². The first-order chi connectivity index (χ1) is 6.75. The molecule has 0 unspecified atom stereocenters. The van der Waals surface area contributed by atoms with Gasteiger partial charge in [0.25, 0.3) is 0 Å². The van der Waals surface area contributed by atoms with E-state index in [-0.39, 0.29) is 5.91 Å². The standard InChI is InChI=1S/C9H12N2O.C2H6/c1-3-9(12)11(2)8-4-6-10-7-5-8;1-2/h4-7H,3H2,1-2H3;1-2H3. The van der Waals surface area contributed by atoms with Crippen LogP contribution in [0.5, 0.6) is 0 Å². The molecule has 0 aromatic carbocycles. The minimum absolute atomic E-state index is 0.112. The van der Waals surface area contributed by atoms with E-state index in [9.17, 15) is 4.79 Å². The Bertz CT molecular complexity index is 259. The van der Waals surface area contributed by atoms with Crippen molar-refractivity contribution < 1.29 is 4.79 Å². The summed E-state index contributed by atoms with van der Waals surface area (Å²) in [6.07, 6.45) is 3.88. The van der Waals surface area contributed by atoms with E-state index in [4.69, 9.17) is 0 Å². The zero-order chi connectivity index (χ0) is 11.0. The molecule has 0 bridgehead atoms. The molecule has 0 spiro atoms. The highest BCUT2D eigenvalue weighted by molar-refractivity contribution is 5.92. The van der Waals surface area contributed by atoms with Gasteiger partial charge in [0.15, 0.2) is 0 Å². The van der Waals surface area contributed by atoms with Crippen LogP contribution in [0.25, 0.3) is 0 Å². The molecule has 3 nitrogen and oxygen atoms in total. The fraction of sp³-hybridized carbons (Fsp3) is 0.455. The van der Waals surface area contributed by atoms with Gasteiger partial charge in [-0.3, -0.25) is 9.78 Å². The van der Waals surface area contributed by atoms with Crippen molar-refractivity contribution in [3.63, 3.8) is 0 Å². The Balaban J connectivity index is 0.000000791. The minimum Gasteiger partial charge on any atom is -0.315 e. The molecule has 1 rings (SSSR count). The molecule has 0 aliphatic rings. The summed E-state index contributed by atoms with van der Waals surface area (Å²) < 4.78 is 0. The first kappa shape index (κ1) is 12.6. The van der Waals surface area contributed by atoms with Gasteiger partial charge in [0, 0.05) is 31.5 Å². The second-order valence-electron chi connectivity index (χ2n) is 2.51. The molecule has 0 saturated heterocycles. The highest BCUT2D eigenvalue weighted by Gasteiger charge is 2.06. The first-order valence-electron chi connectivity index (χ1n) is 4.92. The van der Waals surface area contributed by atoms with Crippen molar-refractivity contribution in [1.82, 2.24) is 4.98 Å². The van der Waals surface area contributed by atoms with Crippen LogP contribution >= 0.6 is 0 Å². The molecule has 3 heteroatoms. The summed E-state index contributed by atoms with van der Waals surface area (Å²) in [6, 6.07) is 3.63. The van der Waals surface area contributed by atoms with Crippen LogP contribution in [0.1, 0.15) is 27.2 Å². The molecule has 0 N–H and O–H groups in total. The van der Waals surface area contributed by atoms with E-state index < -0.39 is 0 Å². The van der Waals surface area contributed by atoms with Gasteiger partial charge in [-0.1, -0.05) is 20.8 Å². The Morgan fingerprint density at radius 2 is 1.86 bits per heavy atom. The van der Waals surface area contributed by atoms with Gasteiger partial charge in [0.2, 0.25) is 5.91 Å². The summed E-state index contributed by atoms with van der Waals surface area (Å²) in [4.78, 5) is 16.7. The zero-order valence-corrected chi connectivity index (χ0v) is 9.32. The minimum atomic E-state index is 0.112. The van der Waals surface area contributed by atoms with E-state index in [0.717, 1.165) is 5.69 Å². The number of pyridine rings is 1. The van der Waals surface area contributed by atoms with Crippen LogP contribution in [0.2, 0.25) is 0 Å². The number of rotatable bonds is 2. The molecule has 1 aromatic heterocycles. The molecule has 0 atom stereocenters. The van der Waals surface area contributed by atoms with Crippen molar-refractivity contribution in [1.29, 1.82) is 0 Å². The third-order valence-electron chi connectivity index (χ3n) is 1.73. The largest absolute Gasteiger partial charge is 0.315 e. The van der Waals surface area contributed by atoms with Crippen molar-refractivity contribution in [3.8, 4) is 0 Å². The Hall–Kier alpha value is -1.38. The maximum Gasteiger partial charge on any atom is 0.226 e. The number of hydrogen-bond acceptors (Lipinski definition) is 2. The van der Waals surface area contributed by atoms with E-state index in [1.807, 2.05) is 32.9 Å². The summed E-state index contributed by atoms with van der Waals surface area (Å²) in [5.74, 6) is 0.112. The number of aromatic nitrogens is 1. The van der Waals surface area contributed by atoms with Crippen LogP contribution in [0.3, 0.4) is 0 Å². The van der Waals surface area contributed by atoms with Gasteiger partial charge in [-0.25, -0.2) is 0 Å². The molecule has 0 radical (unpaired) electrons. The lowest BCUT2D eigenvalue weighted by atomic mass is 10.3. The van der Waals surface area contributed by atoms with Crippen LogP contribution in [-0.2, 0) is 4.79 Å². The predicted octanol–water partition coefficient (Wildman–Crippen LogP) is 2.48. The number of hydrogen-bond donors (Lipinski definition) is 0. The highest BCUT2D eigenvalue weighted by atomic mass is 16.2. The lowest BCUT2D eigenvalue weighted by molar-refractivity contribution is -0.118. The van der Waals surface area contributed by atoms with E-state index in [0.29, 0.717) is 6.42 Å². The molecule has 1 amide bonds. The summed E-state index contributed by atoms with van der Waals surface area (Å²) >= 11 is 0. The van der Waals surface area contributed by atoms with Crippen LogP contribution in [0.15, 0.2) is 24.5 Å². The topological polar surface area (TPSA) is 33.2 Å². The molecular formula is C11H18N2O. The summed E-state index contributed by atoms with van der Waals surface area (Å²) in [5.41, 5.74) is 0.886. The Morgan fingerprint density at radius 3 is 2.29 bits per heavy atom. The second kappa shape index (κ2) is 7.06. The molecule has 0 fully saturated rings. The van der Waals surface area contributed by atoms with Gasteiger partial charge < -0.3 is 4.90 Å². The maximum atomic E-state index is 11.2. The average molecular weight is 194 g/mol. The molecule has 1 heterocycles. The molecule has 0 aliphatic heterocycles. The van der Waals surface area contributed by atoms with Gasteiger partial charge in [-0.05, 0) is 12.1 Å². The molecular weight excluding hydrogens is 176 g/mol. The average Bonchev–Trinajstić information content (AvgIpc) is 2.31. The van der Waals surface area contributed by atoms with Gasteiger partial charge in [-0.15, -0.1) is 0 Å². The number of carbonyl (C=O) groups is 1. The van der Waals surface area contributed by atoms with E-state index >= 15 is 0 Å². The molecule has 0 saturated carbocycles. The quantitative estimate of drug-likeness (QED) is 0.724. The maximum absolute atomic E-state index is 11.2. The first-order valence-corrected chi connectivity index (χ1v) is 4.92. The van der Waals surface area contributed by atoms with Crippen molar-refractivity contribution in [3.05, 3.63) is 24.5 Å². The highest BCUT2D eigenvalue weighted by Crippen LogP contribution is 2.10. The molecule has 0 aliphatic carbocycles. The van der Waals surface area contributed by atoms with Crippen LogP contribution < -0.4 is 4.90 Å². The number of amides is 1. The number of carbonyl (C=O) groups excluding carboxylic acids is 1. The van der Waals surface area contributed by atoms with Gasteiger partial charge in [-0.2, -0.15) is 0 Å². The summed E-state index contributed by atoms with van der Waals surface area (Å²) in [5, 5.41) is 0. The van der Waals surface area contributed by atoms with Crippen LogP contribution in [-0.4, -0.2) is 17.9 Å². The van der Waals surface area contributed by atoms with Crippen molar-refractivity contribution in [2.75, 3.05) is 11.9 Å². The fourth-order valence-corrected chi connectivity index (χ4v) is 0.949. The monoisotopic (exact) mass is 194 g/mol. The predicted molar refractivity (Wildman–Crippen MR) is 59.3 cm³/mol. The zero-order valence-electron chi connectivity index (χ0n) is 9.32. The SMILES string of the molecule is CC.CCC(=O)N(C)c1ccncc1. The van der Waals surface area contributed by atoms with Crippen molar-refractivity contribution in [2.24, 2.45) is 0 Å². The fourth-order valence-electron chi connectivity index (χ4n) is 0.949. The van der Waals surface area contributed by atoms with Gasteiger partial charge in [0.1, 0.15) is 0 Å². The Labute approximate surface area is 85.8 Å². The van der Waals surface area contributed by atoms with Crippen LogP contribution in [0.4, 0.5) is 5.69 Å².